The van der Waals surface area contributed by atoms with Crippen LogP contribution in [-0.2, 0) is 13.1 Å². The van der Waals surface area contributed by atoms with E-state index in [9.17, 15) is 4.79 Å². The fourth-order valence-corrected chi connectivity index (χ4v) is 4.34. The van der Waals surface area contributed by atoms with Crippen molar-refractivity contribution >= 4 is 16.3 Å². The largest absolute Gasteiger partial charge is 0.297 e. The van der Waals surface area contributed by atoms with Gasteiger partial charge in [-0.25, -0.2) is 4.98 Å². The molecule has 6 nitrogen and oxygen atoms in total. The molecule has 2 aromatic heterocycles. The van der Waals surface area contributed by atoms with Gasteiger partial charge < -0.3 is 0 Å². The van der Waals surface area contributed by atoms with Crippen molar-refractivity contribution in [2.75, 3.05) is 26.2 Å². The molecule has 0 N–H and O–H groups in total. The van der Waals surface area contributed by atoms with Crippen molar-refractivity contribution in [1.82, 2.24) is 24.4 Å². The molecule has 136 valence electrons. The number of aryl methyl sites for hydroxylation is 2. The molecule has 0 atom stereocenters. The summed E-state index contributed by atoms with van der Waals surface area (Å²) < 4.78 is 1.42. The van der Waals surface area contributed by atoms with Gasteiger partial charge in [-0.05, 0) is 25.0 Å². The Morgan fingerprint density at radius 3 is 2.46 bits per heavy atom. The van der Waals surface area contributed by atoms with E-state index in [-0.39, 0.29) is 5.56 Å². The molecule has 1 fully saturated rings. The molecule has 3 aromatic rings. The van der Waals surface area contributed by atoms with Gasteiger partial charge in [0.05, 0.1) is 6.54 Å². The molecule has 0 bridgehead atoms. The maximum absolute atomic E-state index is 12.0. The molecule has 0 radical (unpaired) electrons. The van der Waals surface area contributed by atoms with Crippen LogP contribution in [0.15, 0.2) is 35.1 Å². The molecule has 3 heterocycles. The topological polar surface area (TPSA) is 53.7 Å². The number of hydrogen-bond acceptors (Lipinski definition) is 6. The molecule has 0 aliphatic carbocycles. The van der Waals surface area contributed by atoms with Crippen LogP contribution in [0.3, 0.4) is 0 Å². The first-order valence-corrected chi connectivity index (χ1v) is 9.76. The summed E-state index contributed by atoms with van der Waals surface area (Å²) in [5.41, 5.74) is 3.42. The summed E-state index contributed by atoms with van der Waals surface area (Å²) in [4.78, 5) is 22.0. The van der Waals surface area contributed by atoms with Crippen LogP contribution in [0.5, 0.6) is 0 Å². The second-order valence-electron chi connectivity index (χ2n) is 6.90. The molecule has 4 rings (SSSR count). The number of hydrogen-bond donors (Lipinski definition) is 0. The van der Waals surface area contributed by atoms with Crippen molar-refractivity contribution < 1.29 is 0 Å². The predicted molar refractivity (Wildman–Crippen MR) is 104 cm³/mol. The zero-order chi connectivity index (χ0) is 18.1. The summed E-state index contributed by atoms with van der Waals surface area (Å²) in [6, 6.07) is 10.1. The fraction of sp³-hybridized carbons (Fsp3) is 0.421. The van der Waals surface area contributed by atoms with Crippen LogP contribution < -0.4 is 5.56 Å². The van der Waals surface area contributed by atoms with Gasteiger partial charge in [0.25, 0.3) is 5.56 Å². The molecule has 1 saturated heterocycles. The van der Waals surface area contributed by atoms with E-state index in [2.05, 4.69) is 51.1 Å². The standard InChI is InChI=1S/C19H23N5OS/c1-14-5-3-4-6-16(14)12-22-7-9-23(10-8-22)13-17-21-24-18(25)11-15(2)20-19(24)26-17/h3-6,11H,7-10,12-13H2,1-2H3. The maximum Gasteiger partial charge on any atom is 0.275 e. The van der Waals surface area contributed by atoms with Gasteiger partial charge in [-0.2, -0.15) is 9.61 Å². The van der Waals surface area contributed by atoms with Gasteiger partial charge in [0, 0.05) is 44.5 Å². The van der Waals surface area contributed by atoms with E-state index in [0.29, 0.717) is 4.96 Å². The third-order valence-electron chi connectivity index (χ3n) is 4.89. The van der Waals surface area contributed by atoms with Crippen LogP contribution in [0, 0.1) is 13.8 Å². The number of nitrogens with zero attached hydrogens (tertiary/aromatic N) is 5. The highest BCUT2D eigenvalue weighted by molar-refractivity contribution is 7.16. The molecule has 0 saturated carbocycles. The van der Waals surface area contributed by atoms with Crippen molar-refractivity contribution in [2.24, 2.45) is 0 Å². The Balaban J connectivity index is 1.37. The van der Waals surface area contributed by atoms with E-state index >= 15 is 0 Å². The first kappa shape index (κ1) is 17.3. The molecule has 0 unspecified atom stereocenters. The number of fused-ring (bicyclic) bond motifs is 1. The Morgan fingerprint density at radius 2 is 1.73 bits per heavy atom. The van der Waals surface area contributed by atoms with Crippen molar-refractivity contribution in [3.05, 3.63) is 62.5 Å². The SMILES string of the molecule is Cc1cc(=O)n2nc(CN3CCN(Cc4ccccc4C)CC3)sc2n1. The molecule has 1 aliphatic rings. The summed E-state index contributed by atoms with van der Waals surface area (Å²) in [6.07, 6.45) is 0. The zero-order valence-corrected chi connectivity index (χ0v) is 16.0. The van der Waals surface area contributed by atoms with Gasteiger partial charge in [-0.15, -0.1) is 0 Å². The zero-order valence-electron chi connectivity index (χ0n) is 15.2. The highest BCUT2D eigenvalue weighted by Crippen LogP contribution is 2.16. The summed E-state index contributed by atoms with van der Waals surface area (Å²) in [5.74, 6) is 0. The van der Waals surface area contributed by atoms with Gasteiger partial charge in [-0.3, -0.25) is 14.6 Å². The lowest BCUT2D eigenvalue weighted by molar-refractivity contribution is 0.121. The molecule has 1 aromatic carbocycles. The van der Waals surface area contributed by atoms with E-state index in [1.54, 1.807) is 0 Å². The van der Waals surface area contributed by atoms with Gasteiger partial charge in [0.1, 0.15) is 5.01 Å². The van der Waals surface area contributed by atoms with Crippen LogP contribution in [0.25, 0.3) is 4.96 Å². The number of piperazine rings is 1. The molecule has 0 spiro atoms. The Labute approximate surface area is 156 Å². The second kappa shape index (κ2) is 7.26. The van der Waals surface area contributed by atoms with Crippen LogP contribution in [0.2, 0.25) is 0 Å². The minimum absolute atomic E-state index is 0.0990. The smallest absolute Gasteiger partial charge is 0.275 e. The summed E-state index contributed by atoms with van der Waals surface area (Å²) in [5, 5.41) is 5.40. The van der Waals surface area contributed by atoms with Crippen LogP contribution in [-0.4, -0.2) is 50.6 Å². The van der Waals surface area contributed by atoms with E-state index < -0.39 is 0 Å². The first-order valence-electron chi connectivity index (χ1n) is 8.94. The normalized spacial score (nSPS) is 16.4. The number of aromatic nitrogens is 3. The molecule has 7 heteroatoms. The summed E-state index contributed by atoms with van der Waals surface area (Å²) in [6.45, 7) is 9.95. The average Bonchev–Trinajstić information content (AvgIpc) is 3.01. The Bertz CT molecular complexity index is 971. The van der Waals surface area contributed by atoms with Crippen LogP contribution in [0.4, 0.5) is 0 Å². The van der Waals surface area contributed by atoms with Gasteiger partial charge in [0.2, 0.25) is 4.96 Å². The van der Waals surface area contributed by atoms with Gasteiger partial charge in [0.15, 0.2) is 0 Å². The van der Waals surface area contributed by atoms with Gasteiger partial charge >= 0.3 is 0 Å². The monoisotopic (exact) mass is 369 g/mol. The number of benzene rings is 1. The van der Waals surface area contributed by atoms with Crippen molar-refractivity contribution in [3.63, 3.8) is 0 Å². The molecular formula is C19H23N5OS. The Morgan fingerprint density at radius 1 is 1.04 bits per heavy atom. The molecule has 26 heavy (non-hydrogen) atoms. The minimum Gasteiger partial charge on any atom is -0.297 e. The molecule has 0 amide bonds. The predicted octanol–water partition coefficient (Wildman–Crippen LogP) is 2.09. The summed E-state index contributed by atoms with van der Waals surface area (Å²) in [7, 11) is 0. The first-order chi connectivity index (χ1) is 12.6. The van der Waals surface area contributed by atoms with E-state index in [1.165, 1.54) is 33.0 Å². The van der Waals surface area contributed by atoms with Crippen molar-refractivity contribution in [2.45, 2.75) is 26.9 Å². The van der Waals surface area contributed by atoms with E-state index in [4.69, 9.17) is 0 Å². The highest BCUT2D eigenvalue weighted by atomic mass is 32.1. The minimum atomic E-state index is -0.0990. The highest BCUT2D eigenvalue weighted by Gasteiger charge is 2.19. The lowest BCUT2D eigenvalue weighted by Gasteiger charge is -2.34. The van der Waals surface area contributed by atoms with Crippen molar-refractivity contribution in [1.29, 1.82) is 0 Å². The number of rotatable bonds is 4. The molecular weight excluding hydrogens is 346 g/mol. The Hall–Kier alpha value is -2.09. The third-order valence-corrected chi connectivity index (χ3v) is 5.79. The van der Waals surface area contributed by atoms with Crippen LogP contribution >= 0.6 is 11.3 Å². The average molecular weight is 369 g/mol. The second-order valence-corrected chi connectivity index (χ2v) is 7.95. The van der Waals surface area contributed by atoms with E-state index in [0.717, 1.165) is 50.0 Å². The lowest BCUT2D eigenvalue weighted by Crippen LogP contribution is -2.45. The van der Waals surface area contributed by atoms with E-state index in [1.807, 2.05) is 6.92 Å². The van der Waals surface area contributed by atoms with Crippen LogP contribution in [0.1, 0.15) is 21.8 Å². The Kier molecular flexibility index (Phi) is 4.84. The summed E-state index contributed by atoms with van der Waals surface area (Å²) >= 11 is 1.51. The lowest BCUT2D eigenvalue weighted by atomic mass is 10.1. The quantitative estimate of drug-likeness (QED) is 0.705. The molecule has 1 aliphatic heterocycles. The van der Waals surface area contributed by atoms with Crippen molar-refractivity contribution in [3.8, 4) is 0 Å². The fourth-order valence-electron chi connectivity index (χ4n) is 3.35. The van der Waals surface area contributed by atoms with Gasteiger partial charge in [-0.1, -0.05) is 35.6 Å². The third kappa shape index (κ3) is 3.70. The maximum atomic E-state index is 12.0.